The van der Waals surface area contributed by atoms with Gasteiger partial charge in [-0.2, -0.15) is 5.21 Å². The fourth-order valence-corrected chi connectivity index (χ4v) is 2.65. The molecule has 1 amide bonds. The van der Waals surface area contributed by atoms with Crippen molar-refractivity contribution in [3.63, 3.8) is 0 Å². The first-order chi connectivity index (χ1) is 9.02. The lowest BCUT2D eigenvalue weighted by Crippen LogP contribution is -2.40. The molecule has 0 spiro atoms. The highest BCUT2D eigenvalue weighted by Gasteiger charge is 2.49. The van der Waals surface area contributed by atoms with Crippen molar-refractivity contribution >= 4 is 27.5 Å². The summed E-state index contributed by atoms with van der Waals surface area (Å²) in [7, 11) is 1.63. The number of nitrogens with one attached hydrogen (secondary N) is 1. The van der Waals surface area contributed by atoms with E-state index in [0.717, 1.165) is 4.47 Å². The smallest absolute Gasteiger partial charge is 0.263 e. The number of amides is 1. The Hall–Kier alpha value is -1.80. The zero-order valence-corrected chi connectivity index (χ0v) is 11.5. The van der Waals surface area contributed by atoms with Crippen LogP contribution in [0.1, 0.15) is 11.4 Å². The fraction of sp³-hybridized carbons (Fsp3) is 0.273. The number of benzene rings is 1. The molecule has 2 aromatic rings. The Balaban J connectivity index is 2.11. The number of H-pyrrole nitrogens is 1. The number of aromatic nitrogens is 4. The molecule has 3 rings (SSSR count). The lowest BCUT2D eigenvalue weighted by atomic mass is 9.91. The number of hydrogen-bond acceptors (Lipinski definition) is 5. The Morgan fingerprint density at radius 3 is 3.00 bits per heavy atom. The maximum atomic E-state index is 12.3. The van der Waals surface area contributed by atoms with Crippen LogP contribution in [-0.4, -0.2) is 38.7 Å². The molecule has 1 unspecified atom stereocenters. The molecule has 0 fully saturated rings. The number of fused-ring (bicyclic) bond motifs is 1. The molecule has 1 aromatic heterocycles. The van der Waals surface area contributed by atoms with Crippen molar-refractivity contribution in [1.82, 2.24) is 20.6 Å². The molecule has 0 saturated heterocycles. The van der Waals surface area contributed by atoms with E-state index < -0.39 is 11.5 Å². The number of nitrogens with zero attached hydrogens (tertiary/aromatic N) is 4. The number of likely N-dealkylation sites (N-methyl/N-ethyl adjacent to an activating group) is 1. The Morgan fingerprint density at radius 1 is 1.53 bits per heavy atom. The van der Waals surface area contributed by atoms with E-state index in [9.17, 15) is 9.90 Å². The normalized spacial score (nSPS) is 21.8. The number of rotatable bonds is 2. The van der Waals surface area contributed by atoms with Gasteiger partial charge in [0, 0.05) is 17.1 Å². The minimum atomic E-state index is -1.66. The van der Waals surface area contributed by atoms with Crippen molar-refractivity contribution in [1.29, 1.82) is 0 Å². The molecular weight excluding hydrogens is 314 g/mol. The van der Waals surface area contributed by atoms with Gasteiger partial charge in [0.05, 0.1) is 12.1 Å². The number of anilines is 1. The third-order valence-corrected chi connectivity index (χ3v) is 3.72. The SMILES string of the molecule is CN1C(=O)C(O)(Cc2nn[nH]n2)c2cc(Br)ccc21. The van der Waals surface area contributed by atoms with Crippen molar-refractivity contribution in [2.45, 2.75) is 12.0 Å². The number of carbonyl (C=O) groups is 1. The minimum Gasteiger partial charge on any atom is -0.375 e. The molecule has 0 saturated carbocycles. The van der Waals surface area contributed by atoms with Gasteiger partial charge in [-0.25, -0.2) is 0 Å². The van der Waals surface area contributed by atoms with Crippen LogP contribution in [0.4, 0.5) is 5.69 Å². The van der Waals surface area contributed by atoms with E-state index in [4.69, 9.17) is 0 Å². The summed E-state index contributed by atoms with van der Waals surface area (Å²) in [4.78, 5) is 13.7. The highest BCUT2D eigenvalue weighted by molar-refractivity contribution is 9.10. The van der Waals surface area contributed by atoms with Gasteiger partial charge in [0.25, 0.3) is 5.91 Å². The third kappa shape index (κ3) is 1.75. The Labute approximate surface area is 116 Å². The topological polar surface area (TPSA) is 95.0 Å². The van der Waals surface area contributed by atoms with Gasteiger partial charge in [-0.05, 0) is 18.2 Å². The van der Waals surface area contributed by atoms with Crippen LogP contribution in [0.15, 0.2) is 22.7 Å². The average molecular weight is 324 g/mol. The van der Waals surface area contributed by atoms with Gasteiger partial charge in [-0.15, -0.1) is 10.2 Å². The van der Waals surface area contributed by atoms with Crippen LogP contribution in [0, 0.1) is 0 Å². The summed E-state index contributed by atoms with van der Waals surface area (Å²) in [6.07, 6.45) is -0.0177. The second-order valence-corrected chi connectivity index (χ2v) is 5.31. The number of tetrazole rings is 1. The highest BCUT2D eigenvalue weighted by Crippen LogP contribution is 2.42. The molecular formula is C11H10BrN5O2. The van der Waals surface area contributed by atoms with E-state index in [1.807, 2.05) is 6.07 Å². The van der Waals surface area contributed by atoms with E-state index in [1.165, 1.54) is 4.90 Å². The van der Waals surface area contributed by atoms with Gasteiger partial charge in [0.15, 0.2) is 11.4 Å². The molecule has 0 aliphatic carbocycles. The Bertz CT molecular complexity index is 645. The number of carbonyl (C=O) groups excluding carboxylic acids is 1. The summed E-state index contributed by atoms with van der Waals surface area (Å²) in [5.41, 5.74) is -0.434. The van der Waals surface area contributed by atoms with E-state index in [-0.39, 0.29) is 12.2 Å². The fourth-order valence-electron chi connectivity index (χ4n) is 2.29. The summed E-state index contributed by atoms with van der Waals surface area (Å²) in [6.45, 7) is 0. The minimum absolute atomic E-state index is 0.0177. The first-order valence-corrected chi connectivity index (χ1v) is 6.34. The first-order valence-electron chi connectivity index (χ1n) is 5.55. The molecule has 1 aromatic carbocycles. The second kappa shape index (κ2) is 4.10. The highest BCUT2D eigenvalue weighted by atomic mass is 79.9. The summed E-state index contributed by atoms with van der Waals surface area (Å²) in [5.74, 6) is -0.109. The van der Waals surface area contributed by atoms with Crippen LogP contribution in [0.25, 0.3) is 0 Å². The summed E-state index contributed by atoms with van der Waals surface area (Å²) in [6, 6.07) is 5.34. The molecule has 2 heterocycles. The van der Waals surface area contributed by atoms with Crippen LogP contribution in [0.3, 0.4) is 0 Å². The summed E-state index contributed by atoms with van der Waals surface area (Å²) >= 11 is 3.34. The van der Waals surface area contributed by atoms with Crippen LogP contribution >= 0.6 is 15.9 Å². The van der Waals surface area contributed by atoms with Crippen LogP contribution < -0.4 is 4.90 Å². The predicted molar refractivity (Wildman–Crippen MR) is 69.3 cm³/mol. The first kappa shape index (κ1) is 12.2. The molecule has 1 atom stereocenters. The Morgan fingerprint density at radius 2 is 2.32 bits per heavy atom. The third-order valence-electron chi connectivity index (χ3n) is 3.23. The van der Waals surface area contributed by atoms with Crippen molar-refractivity contribution in [3.8, 4) is 0 Å². The number of aromatic amines is 1. The molecule has 0 radical (unpaired) electrons. The van der Waals surface area contributed by atoms with E-state index >= 15 is 0 Å². The molecule has 8 heteroatoms. The van der Waals surface area contributed by atoms with Crippen molar-refractivity contribution in [3.05, 3.63) is 34.1 Å². The maximum absolute atomic E-state index is 12.3. The summed E-state index contributed by atoms with van der Waals surface area (Å²) in [5, 5.41) is 24.1. The number of halogens is 1. The molecule has 98 valence electrons. The zero-order valence-electron chi connectivity index (χ0n) is 9.96. The average Bonchev–Trinajstić information content (AvgIpc) is 2.94. The summed E-state index contributed by atoms with van der Waals surface area (Å²) < 4.78 is 0.792. The van der Waals surface area contributed by atoms with Crippen molar-refractivity contribution < 1.29 is 9.90 Å². The quantitative estimate of drug-likeness (QED) is 0.832. The van der Waals surface area contributed by atoms with E-state index in [1.54, 1.807) is 19.2 Å². The molecule has 0 bridgehead atoms. The van der Waals surface area contributed by atoms with Crippen molar-refractivity contribution in [2.75, 3.05) is 11.9 Å². The second-order valence-electron chi connectivity index (χ2n) is 4.39. The van der Waals surface area contributed by atoms with Gasteiger partial charge < -0.3 is 10.0 Å². The molecule has 1 aliphatic heterocycles. The van der Waals surface area contributed by atoms with Crippen LogP contribution in [0.2, 0.25) is 0 Å². The van der Waals surface area contributed by atoms with Crippen molar-refractivity contribution in [2.24, 2.45) is 0 Å². The maximum Gasteiger partial charge on any atom is 0.263 e. The largest absolute Gasteiger partial charge is 0.375 e. The zero-order chi connectivity index (χ0) is 13.6. The van der Waals surface area contributed by atoms with Crippen LogP contribution in [0.5, 0.6) is 0 Å². The monoisotopic (exact) mass is 323 g/mol. The standard InChI is InChI=1S/C11H10BrN5O2/c1-17-8-3-2-6(12)4-7(8)11(19,10(17)18)5-9-13-15-16-14-9/h2-4,19H,5H2,1H3,(H,13,14,15,16). The van der Waals surface area contributed by atoms with Crippen LogP contribution in [-0.2, 0) is 16.8 Å². The van der Waals surface area contributed by atoms with Gasteiger partial charge in [0.1, 0.15) is 0 Å². The lowest BCUT2D eigenvalue weighted by molar-refractivity contribution is -0.135. The van der Waals surface area contributed by atoms with E-state index in [2.05, 4.69) is 36.6 Å². The van der Waals surface area contributed by atoms with Gasteiger partial charge in [0.2, 0.25) is 0 Å². The van der Waals surface area contributed by atoms with Gasteiger partial charge in [-0.3, -0.25) is 4.79 Å². The number of hydrogen-bond donors (Lipinski definition) is 2. The molecule has 19 heavy (non-hydrogen) atoms. The number of aliphatic hydroxyl groups is 1. The van der Waals surface area contributed by atoms with Gasteiger partial charge >= 0.3 is 0 Å². The predicted octanol–water partition coefficient (Wildman–Crippen LogP) is 0.369. The molecule has 7 nitrogen and oxygen atoms in total. The van der Waals surface area contributed by atoms with E-state index in [0.29, 0.717) is 11.3 Å². The Kier molecular flexibility index (Phi) is 2.64. The molecule has 2 N–H and O–H groups in total. The van der Waals surface area contributed by atoms with Gasteiger partial charge in [-0.1, -0.05) is 21.1 Å². The molecule has 1 aliphatic rings. The lowest BCUT2D eigenvalue weighted by Gasteiger charge is -2.19.